The largest absolute Gasteiger partial charge is 0.349 e. The van der Waals surface area contributed by atoms with Crippen molar-refractivity contribution in [1.29, 1.82) is 0 Å². The van der Waals surface area contributed by atoms with Crippen molar-refractivity contribution in [3.05, 3.63) is 54.1 Å². The highest BCUT2D eigenvalue weighted by atomic mass is 32.2. The van der Waals surface area contributed by atoms with Crippen LogP contribution >= 0.6 is 11.8 Å². The van der Waals surface area contributed by atoms with Gasteiger partial charge in [0.2, 0.25) is 0 Å². The molecule has 0 bridgehead atoms. The second-order valence-electron chi connectivity index (χ2n) is 7.35. The first-order valence-corrected chi connectivity index (χ1v) is 11.9. The van der Waals surface area contributed by atoms with Crippen molar-refractivity contribution in [2.75, 3.05) is 11.0 Å². The Morgan fingerprint density at radius 3 is 1.89 bits per heavy atom. The molecule has 0 saturated heterocycles. The zero-order valence-corrected chi connectivity index (χ0v) is 18.5. The van der Waals surface area contributed by atoms with Crippen molar-refractivity contribution in [3.63, 3.8) is 0 Å². The smallest absolute Gasteiger partial charge is 0.261 e. The Morgan fingerprint density at radius 2 is 1.43 bits per heavy atom. The molecule has 2 rings (SSSR count). The number of nitrogens with one attached hydrogen (secondary N) is 2. The van der Waals surface area contributed by atoms with E-state index in [2.05, 4.69) is 37.7 Å². The van der Waals surface area contributed by atoms with Crippen LogP contribution in [0.3, 0.4) is 0 Å². The van der Waals surface area contributed by atoms with Gasteiger partial charge in [-0.3, -0.25) is 9.52 Å². The van der Waals surface area contributed by atoms with E-state index in [1.54, 1.807) is 60.3 Å². The Hall–Kier alpha value is -1.99. The zero-order valence-electron chi connectivity index (χ0n) is 16.9. The van der Waals surface area contributed by atoms with Gasteiger partial charge in [-0.2, -0.15) is 0 Å². The highest BCUT2D eigenvalue weighted by Gasteiger charge is 2.20. The van der Waals surface area contributed by atoms with Gasteiger partial charge in [0, 0.05) is 22.2 Å². The predicted octanol–water partition coefficient (Wildman–Crippen LogP) is 4.62. The van der Waals surface area contributed by atoms with E-state index in [9.17, 15) is 13.2 Å². The van der Waals surface area contributed by atoms with E-state index in [0.29, 0.717) is 23.1 Å². The summed E-state index contributed by atoms with van der Waals surface area (Å²) in [6.45, 7) is 8.31. The van der Waals surface area contributed by atoms with Crippen LogP contribution in [0.25, 0.3) is 0 Å². The zero-order chi connectivity index (χ0) is 20.9. The van der Waals surface area contributed by atoms with Gasteiger partial charge in [0.25, 0.3) is 15.9 Å². The van der Waals surface area contributed by atoms with E-state index in [1.807, 2.05) is 6.26 Å². The Morgan fingerprint density at radius 1 is 0.893 bits per heavy atom. The lowest BCUT2D eigenvalue weighted by atomic mass is 9.93. The SMILES string of the molecule is CSc1ccc(S(=O)(=O)Nc2ccc(C(=O)NC(C(C)C)C(C)C)cc2)cc1. The average molecular weight is 421 g/mol. The first kappa shape index (κ1) is 22.3. The molecule has 0 atom stereocenters. The summed E-state index contributed by atoms with van der Waals surface area (Å²) in [7, 11) is -3.67. The molecule has 0 aromatic heterocycles. The molecular formula is C21H28N2O3S2. The van der Waals surface area contributed by atoms with Crippen LogP contribution in [0.5, 0.6) is 0 Å². The third-order valence-corrected chi connectivity index (χ3v) is 6.64. The standard InChI is InChI=1S/C21H28N2O3S2/c1-14(2)20(15(3)4)22-21(24)16-6-8-17(9-7-16)23-28(25,26)19-12-10-18(27-5)11-13-19/h6-15,20,23H,1-5H3,(H,22,24). The molecule has 5 nitrogen and oxygen atoms in total. The number of carbonyl (C=O) groups is 1. The van der Waals surface area contributed by atoms with E-state index in [4.69, 9.17) is 0 Å². The van der Waals surface area contributed by atoms with Crippen molar-refractivity contribution in [1.82, 2.24) is 5.32 Å². The lowest BCUT2D eigenvalue weighted by Gasteiger charge is -2.26. The molecular weight excluding hydrogens is 392 g/mol. The molecule has 2 aromatic rings. The van der Waals surface area contributed by atoms with Crippen LogP contribution in [0.15, 0.2) is 58.3 Å². The summed E-state index contributed by atoms with van der Waals surface area (Å²) in [6.07, 6.45) is 1.93. The number of rotatable bonds is 8. The molecule has 2 aromatic carbocycles. The lowest BCUT2D eigenvalue weighted by Crippen LogP contribution is -2.42. The highest BCUT2D eigenvalue weighted by Crippen LogP contribution is 2.21. The molecule has 0 aliphatic carbocycles. The molecule has 1 amide bonds. The quantitative estimate of drug-likeness (QED) is 0.611. The first-order valence-electron chi connectivity index (χ1n) is 9.22. The van der Waals surface area contributed by atoms with Crippen molar-refractivity contribution in [3.8, 4) is 0 Å². The van der Waals surface area contributed by atoms with E-state index in [-0.39, 0.29) is 16.8 Å². The van der Waals surface area contributed by atoms with Gasteiger partial charge in [0.05, 0.1) is 4.90 Å². The number of sulfonamides is 1. The fourth-order valence-corrected chi connectivity index (χ4v) is 4.46. The van der Waals surface area contributed by atoms with Gasteiger partial charge in [0.15, 0.2) is 0 Å². The predicted molar refractivity (Wildman–Crippen MR) is 116 cm³/mol. The van der Waals surface area contributed by atoms with Crippen LogP contribution < -0.4 is 10.0 Å². The van der Waals surface area contributed by atoms with E-state index in [1.165, 1.54) is 0 Å². The maximum atomic E-state index is 12.5. The summed E-state index contributed by atoms with van der Waals surface area (Å²) in [5, 5.41) is 3.06. The van der Waals surface area contributed by atoms with Gasteiger partial charge in [-0.15, -0.1) is 11.8 Å². The second-order valence-corrected chi connectivity index (χ2v) is 9.91. The maximum Gasteiger partial charge on any atom is 0.261 e. The third-order valence-electron chi connectivity index (χ3n) is 4.50. The molecule has 28 heavy (non-hydrogen) atoms. The number of carbonyl (C=O) groups excluding carboxylic acids is 1. The molecule has 152 valence electrons. The lowest BCUT2D eigenvalue weighted by molar-refractivity contribution is 0.0910. The normalized spacial score (nSPS) is 11.9. The number of anilines is 1. The van der Waals surface area contributed by atoms with Gasteiger partial charge in [-0.25, -0.2) is 8.42 Å². The Bertz CT molecular complexity index is 882. The fraction of sp³-hybridized carbons (Fsp3) is 0.381. The summed E-state index contributed by atoms with van der Waals surface area (Å²) in [5.74, 6) is 0.495. The molecule has 2 N–H and O–H groups in total. The molecule has 0 aliphatic heterocycles. The monoisotopic (exact) mass is 420 g/mol. The van der Waals surface area contributed by atoms with Crippen LogP contribution in [0.1, 0.15) is 38.1 Å². The molecule has 0 saturated carbocycles. The van der Waals surface area contributed by atoms with Gasteiger partial charge in [0.1, 0.15) is 0 Å². The van der Waals surface area contributed by atoms with Crippen LogP contribution in [0.4, 0.5) is 5.69 Å². The average Bonchev–Trinajstić information content (AvgIpc) is 2.65. The molecule has 0 heterocycles. The summed E-state index contributed by atoms with van der Waals surface area (Å²) in [5.41, 5.74) is 0.910. The van der Waals surface area contributed by atoms with Crippen LogP contribution in [-0.2, 0) is 10.0 Å². The third kappa shape index (κ3) is 5.75. The van der Waals surface area contributed by atoms with Gasteiger partial charge >= 0.3 is 0 Å². The van der Waals surface area contributed by atoms with Crippen LogP contribution in [0, 0.1) is 11.8 Å². The number of thioether (sulfide) groups is 1. The summed E-state index contributed by atoms with van der Waals surface area (Å²) in [6, 6.07) is 13.2. The van der Waals surface area contributed by atoms with E-state index < -0.39 is 10.0 Å². The van der Waals surface area contributed by atoms with Crippen LogP contribution in [-0.4, -0.2) is 26.6 Å². The Balaban J connectivity index is 2.10. The molecule has 0 aliphatic rings. The highest BCUT2D eigenvalue weighted by molar-refractivity contribution is 7.98. The van der Waals surface area contributed by atoms with Gasteiger partial charge < -0.3 is 5.32 Å². The fourth-order valence-electron chi connectivity index (χ4n) is 3.00. The Labute approximate surface area is 172 Å². The minimum absolute atomic E-state index is 0.0786. The molecule has 0 unspecified atom stereocenters. The number of amides is 1. The van der Waals surface area contributed by atoms with Crippen molar-refractivity contribution in [2.24, 2.45) is 11.8 Å². The Kier molecular flexibility index (Phi) is 7.55. The van der Waals surface area contributed by atoms with Crippen molar-refractivity contribution < 1.29 is 13.2 Å². The topological polar surface area (TPSA) is 75.3 Å². The number of hydrogen-bond donors (Lipinski definition) is 2. The maximum absolute atomic E-state index is 12.5. The van der Waals surface area contributed by atoms with E-state index in [0.717, 1.165) is 4.90 Å². The van der Waals surface area contributed by atoms with Crippen LogP contribution in [0.2, 0.25) is 0 Å². The molecule has 0 spiro atoms. The number of benzene rings is 2. The van der Waals surface area contributed by atoms with Crippen molar-refractivity contribution >= 4 is 33.4 Å². The van der Waals surface area contributed by atoms with Crippen molar-refractivity contribution in [2.45, 2.75) is 43.5 Å². The summed E-state index contributed by atoms with van der Waals surface area (Å²) in [4.78, 5) is 13.7. The second kappa shape index (κ2) is 9.47. The first-order chi connectivity index (χ1) is 13.1. The van der Waals surface area contributed by atoms with Gasteiger partial charge in [-0.1, -0.05) is 27.7 Å². The molecule has 0 fully saturated rings. The summed E-state index contributed by atoms with van der Waals surface area (Å²) < 4.78 is 27.6. The van der Waals surface area contributed by atoms with E-state index >= 15 is 0 Å². The molecule has 7 heteroatoms. The number of hydrogen-bond acceptors (Lipinski definition) is 4. The molecule has 0 radical (unpaired) electrons. The summed E-state index contributed by atoms with van der Waals surface area (Å²) >= 11 is 1.55. The minimum atomic E-state index is -3.67. The van der Waals surface area contributed by atoms with Gasteiger partial charge in [-0.05, 0) is 66.6 Å². The minimum Gasteiger partial charge on any atom is -0.349 e.